The number of ether oxygens (including phenoxy) is 1. The van der Waals surface area contributed by atoms with Gasteiger partial charge in [0.05, 0.1) is 13.2 Å². The van der Waals surface area contributed by atoms with E-state index in [-0.39, 0.29) is 22.1 Å². The van der Waals surface area contributed by atoms with Crippen LogP contribution in [0.4, 0.5) is 0 Å². The van der Waals surface area contributed by atoms with Crippen LogP contribution in [0.15, 0.2) is 9.79 Å². The Morgan fingerprint density at radius 3 is 2.90 bits per heavy atom. The van der Waals surface area contributed by atoms with E-state index in [9.17, 15) is 9.90 Å². The summed E-state index contributed by atoms with van der Waals surface area (Å²) >= 11 is 16.8. The molecule has 1 aliphatic rings. The van der Waals surface area contributed by atoms with E-state index in [1.807, 2.05) is 0 Å². The number of hydrogen-bond donors (Lipinski definition) is 2. The third-order valence-corrected chi connectivity index (χ3v) is 4.48. The monoisotopic (exact) mass is 351 g/mol. The highest BCUT2D eigenvalue weighted by Gasteiger charge is 2.51. The van der Waals surface area contributed by atoms with Crippen LogP contribution in [0.1, 0.15) is 12.0 Å². The van der Waals surface area contributed by atoms with E-state index >= 15 is 0 Å². The lowest BCUT2D eigenvalue weighted by molar-refractivity contribution is 0.182. The molecule has 0 spiro atoms. The maximum Gasteiger partial charge on any atom is 0.264 e. The lowest BCUT2D eigenvalue weighted by atomic mass is 10.3. The summed E-state index contributed by atoms with van der Waals surface area (Å²) in [6.45, 7) is 1.08. The van der Waals surface area contributed by atoms with Crippen LogP contribution >= 0.6 is 35.4 Å². The Bertz CT molecular complexity index is 669. The average molecular weight is 352 g/mol. The number of rotatable bonds is 6. The van der Waals surface area contributed by atoms with Gasteiger partial charge in [0, 0.05) is 25.8 Å². The molecule has 0 unspecified atom stereocenters. The van der Waals surface area contributed by atoms with E-state index < -0.39 is 9.89 Å². The molecule has 1 aromatic rings. The van der Waals surface area contributed by atoms with Crippen LogP contribution in [-0.4, -0.2) is 45.5 Å². The second kappa shape index (κ2) is 6.48. The van der Waals surface area contributed by atoms with E-state index in [2.05, 4.69) is 9.98 Å². The number of aliphatic imine (C=N–C) groups is 1. The second-order valence-corrected chi connectivity index (χ2v) is 6.73. The summed E-state index contributed by atoms with van der Waals surface area (Å²) in [5.41, 5.74) is -0.441. The molecule has 1 fully saturated rings. The molecule has 0 radical (unpaired) electrons. The largest absolute Gasteiger partial charge is 0.494 e. The molecule has 0 aromatic carbocycles. The summed E-state index contributed by atoms with van der Waals surface area (Å²) in [5, 5.41) is 10.1. The number of methoxy groups -OCH3 is 1. The number of nitrogens with zero attached hydrogens (tertiary/aromatic N) is 2. The van der Waals surface area contributed by atoms with E-state index in [0.717, 1.165) is 0 Å². The Labute approximate surface area is 136 Å². The zero-order valence-corrected chi connectivity index (χ0v) is 13.6. The van der Waals surface area contributed by atoms with Gasteiger partial charge in [0.1, 0.15) is 9.90 Å². The summed E-state index contributed by atoms with van der Waals surface area (Å²) in [6, 6.07) is 0. The fourth-order valence-electron chi connectivity index (χ4n) is 1.82. The third kappa shape index (κ3) is 3.85. The molecule has 1 aromatic heterocycles. The predicted molar refractivity (Wildman–Crippen MR) is 84.4 cm³/mol. The molecule has 0 bridgehead atoms. The van der Waals surface area contributed by atoms with Gasteiger partial charge in [-0.1, -0.05) is 0 Å². The predicted octanol–water partition coefficient (Wildman–Crippen LogP) is 1.87. The maximum absolute atomic E-state index is 11.8. The molecular weight excluding hydrogens is 337 g/mol. The minimum atomic E-state index is -0.714. The molecule has 0 aliphatic heterocycles. The van der Waals surface area contributed by atoms with Crippen LogP contribution in [0.25, 0.3) is 0 Å². The second-order valence-electron chi connectivity index (χ2n) is 4.80. The van der Waals surface area contributed by atoms with Crippen molar-refractivity contribution in [2.45, 2.75) is 17.3 Å². The van der Waals surface area contributed by atoms with Crippen molar-refractivity contribution < 1.29 is 9.84 Å². The van der Waals surface area contributed by atoms with Crippen LogP contribution in [0.2, 0.25) is 0 Å². The number of alkyl halides is 2. The van der Waals surface area contributed by atoms with Crippen molar-refractivity contribution in [2.75, 3.05) is 20.3 Å². The van der Waals surface area contributed by atoms with Crippen LogP contribution in [0.5, 0.6) is 5.88 Å². The van der Waals surface area contributed by atoms with Crippen LogP contribution < -0.4 is 5.56 Å². The number of hydrogen-bond acceptors (Lipinski definition) is 5. The molecule has 6 nitrogen and oxygen atoms in total. The number of aromatic hydroxyl groups is 1. The van der Waals surface area contributed by atoms with Crippen molar-refractivity contribution in [3.05, 3.63) is 20.7 Å². The van der Waals surface area contributed by atoms with E-state index in [4.69, 9.17) is 40.2 Å². The molecule has 1 aliphatic carbocycles. The lowest BCUT2D eigenvalue weighted by Crippen LogP contribution is -2.20. The molecule has 0 amide bonds. The summed E-state index contributed by atoms with van der Waals surface area (Å²) in [4.78, 5) is 18.4. The van der Waals surface area contributed by atoms with Gasteiger partial charge < -0.3 is 9.84 Å². The van der Waals surface area contributed by atoms with Crippen molar-refractivity contribution >= 4 is 41.6 Å². The maximum atomic E-state index is 11.8. The first-order chi connectivity index (χ1) is 9.86. The Hall–Kier alpha value is -0.890. The van der Waals surface area contributed by atoms with Crippen molar-refractivity contribution in [3.8, 4) is 5.88 Å². The van der Waals surface area contributed by atoms with Gasteiger partial charge in [0.2, 0.25) is 5.88 Å². The number of H-pyrrole nitrogens is 1. The van der Waals surface area contributed by atoms with E-state index in [1.54, 1.807) is 0 Å². The van der Waals surface area contributed by atoms with Gasteiger partial charge >= 0.3 is 0 Å². The fraction of sp³-hybridized carbons (Fsp3) is 0.583. The molecule has 0 saturated heterocycles. The first-order valence-corrected chi connectivity index (χ1v) is 7.46. The van der Waals surface area contributed by atoms with Gasteiger partial charge in [-0.3, -0.25) is 19.3 Å². The summed E-state index contributed by atoms with van der Waals surface area (Å²) in [6.07, 6.45) is 1.99. The highest BCUT2D eigenvalue weighted by atomic mass is 35.5. The smallest absolute Gasteiger partial charge is 0.264 e. The normalized spacial score (nSPS) is 20.0. The quantitative estimate of drug-likeness (QED) is 0.465. The number of aromatic amines is 1. The van der Waals surface area contributed by atoms with Crippen LogP contribution in [0, 0.1) is 10.7 Å². The fourth-order valence-corrected chi connectivity index (χ4v) is 2.60. The Morgan fingerprint density at radius 2 is 2.33 bits per heavy atom. The molecular formula is C12H15Cl2N3O3S. The summed E-state index contributed by atoms with van der Waals surface area (Å²) < 4.78 is 5.74. The van der Waals surface area contributed by atoms with Crippen LogP contribution in [0.3, 0.4) is 0 Å². The SMILES string of the molecule is COCCn1c(O)c(C=NC[C@@H]2CC2(Cl)Cl)c(=O)[nH]c1=S. The molecule has 21 heavy (non-hydrogen) atoms. The van der Waals surface area contributed by atoms with E-state index in [0.29, 0.717) is 26.1 Å². The minimum Gasteiger partial charge on any atom is -0.494 e. The summed E-state index contributed by atoms with van der Waals surface area (Å²) in [7, 11) is 1.54. The first-order valence-electron chi connectivity index (χ1n) is 6.29. The highest BCUT2D eigenvalue weighted by Crippen LogP contribution is 2.53. The Kier molecular flexibility index (Phi) is 5.08. The molecule has 1 heterocycles. The van der Waals surface area contributed by atoms with Crippen molar-refractivity contribution in [2.24, 2.45) is 10.9 Å². The van der Waals surface area contributed by atoms with Gasteiger partial charge in [-0.05, 0) is 18.6 Å². The van der Waals surface area contributed by atoms with E-state index in [1.165, 1.54) is 17.9 Å². The Balaban J connectivity index is 2.20. The average Bonchev–Trinajstić information content (AvgIpc) is 3.00. The van der Waals surface area contributed by atoms with Gasteiger partial charge in [-0.25, -0.2) is 0 Å². The van der Waals surface area contributed by atoms with Crippen molar-refractivity contribution in [1.29, 1.82) is 0 Å². The van der Waals surface area contributed by atoms with Gasteiger partial charge in [0.15, 0.2) is 4.77 Å². The number of aromatic nitrogens is 2. The third-order valence-electron chi connectivity index (χ3n) is 3.23. The molecule has 1 atom stereocenters. The molecule has 2 N–H and O–H groups in total. The highest BCUT2D eigenvalue weighted by molar-refractivity contribution is 7.71. The molecule has 9 heteroatoms. The van der Waals surface area contributed by atoms with Gasteiger partial charge in [-0.15, -0.1) is 23.2 Å². The summed E-state index contributed by atoms with van der Waals surface area (Å²) in [5.74, 6) is -0.152. The van der Waals surface area contributed by atoms with Gasteiger partial charge in [0.25, 0.3) is 5.56 Å². The Morgan fingerprint density at radius 1 is 1.67 bits per heavy atom. The number of halogens is 2. The molecule has 2 rings (SSSR count). The van der Waals surface area contributed by atoms with Crippen molar-refractivity contribution in [1.82, 2.24) is 9.55 Å². The zero-order chi connectivity index (χ0) is 15.6. The zero-order valence-electron chi connectivity index (χ0n) is 11.3. The molecule has 116 valence electrons. The number of nitrogens with one attached hydrogen (secondary N) is 1. The topological polar surface area (TPSA) is 79.6 Å². The first kappa shape index (κ1) is 16.5. The van der Waals surface area contributed by atoms with Gasteiger partial charge in [-0.2, -0.15) is 0 Å². The molecule has 1 saturated carbocycles. The van der Waals surface area contributed by atoms with Crippen molar-refractivity contribution in [3.63, 3.8) is 0 Å². The van der Waals surface area contributed by atoms with Crippen LogP contribution in [-0.2, 0) is 11.3 Å². The lowest BCUT2D eigenvalue weighted by Gasteiger charge is -2.10. The standard InChI is InChI=1S/C12H15Cl2N3O3S/c1-20-3-2-17-10(19)8(9(18)16-11(17)21)6-15-5-7-4-12(7,13)14/h6-7,19H,2-5H2,1H3,(H,16,18,21)/t7-/m0/s1. The minimum absolute atomic E-state index is 0.0510.